The van der Waals surface area contributed by atoms with Crippen LogP contribution in [0.15, 0.2) is 12.2 Å². The summed E-state index contributed by atoms with van der Waals surface area (Å²) in [5.41, 5.74) is 2.90. The topological polar surface area (TPSA) is 38.3 Å². The molecule has 3 nitrogen and oxygen atoms in total. The Morgan fingerprint density at radius 2 is 2.00 bits per heavy atom. The van der Waals surface area contributed by atoms with Crippen molar-refractivity contribution in [2.24, 2.45) is 0 Å². The van der Waals surface area contributed by atoms with Gasteiger partial charge in [0, 0.05) is 5.57 Å². The highest BCUT2D eigenvalue weighted by molar-refractivity contribution is 5.91. The van der Waals surface area contributed by atoms with Gasteiger partial charge < -0.3 is 0 Å². The predicted molar refractivity (Wildman–Crippen MR) is 50.9 cm³/mol. The van der Waals surface area contributed by atoms with Gasteiger partial charge in [-0.05, 0) is 19.8 Å². The van der Waals surface area contributed by atoms with Gasteiger partial charge in [0.15, 0.2) is 0 Å². The Labute approximate surface area is 79.1 Å². The average Bonchev–Trinajstić information content (AvgIpc) is 2.15. The Balaban J connectivity index is 2.17. The van der Waals surface area contributed by atoms with Crippen LogP contribution in [0.4, 0.5) is 0 Å². The molecular weight excluding hydrogens is 166 g/mol. The second kappa shape index (κ2) is 5.02. The number of hydrogen-bond donors (Lipinski definition) is 1. The SMILES string of the molecule is C=C(C)C(=O)NOC1CCCCC1. The minimum absolute atomic E-state index is 0.206. The van der Waals surface area contributed by atoms with E-state index in [0.29, 0.717) is 5.57 Å². The van der Waals surface area contributed by atoms with Crippen molar-refractivity contribution in [3.8, 4) is 0 Å². The third-order valence-electron chi connectivity index (χ3n) is 2.26. The molecule has 0 spiro atoms. The predicted octanol–water partition coefficient (Wildman–Crippen LogP) is 1.94. The molecule has 0 unspecified atom stereocenters. The lowest BCUT2D eigenvalue weighted by molar-refractivity contribution is -0.136. The Morgan fingerprint density at radius 1 is 1.38 bits per heavy atom. The molecule has 0 aromatic carbocycles. The van der Waals surface area contributed by atoms with Crippen LogP contribution in [0.25, 0.3) is 0 Å². The highest BCUT2D eigenvalue weighted by atomic mass is 16.7. The molecule has 1 saturated carbocycles. The molecule has 3 heteroatoms. The summed E-state index contributed by atoms with van der Waals surface area (Å²) >= 11 is 0. The van der Waals surface area contributed by atoms with Crippen LogP contribution in [0.2, 0.25) is 0 Å². The number of amides is 1. The number of hydroxylamine groups is 1. The van der Waals surface area contributed by atoms with E-state index in [1.807, 2.05) is 0 Å². The van der Waals surface area contributed by atoms with Gasteiger partial charge in [-0.25, -0.2) is 5.48 Å². The smallest absolute Gasteiger partial charge is 0.269 e. The summed E-state index contributed by atoms with van der Waals surface area (Å²) in [6, 6.07) is 0. The molecule has 0 aliphatic heterocycles. The summed E-state index contributed by atoms with van der Waals surface area (Å²) in [5.74, 6) is -0.217. The fraction of sp³-hybridized carbons (Fsp3) is 0.700. The van der Waals surface area contributed by atoms with Gasteiger partial charge in [-0.2, -0.15) is 0 Å². The second-order valence-corrected chi connectivity index (χ2v) is 3.59. The molecule has 1 rings (SSSR count). The largest absolute Gasteiger partial charge is 0.270 e. The number of nitrogens with one attached hydrogen (secondary N) is 1. The lowest BCUT2D eigenvalue weighted by Crippen LogP contribution is -2.30. The minimum atomic E-state index is -0.217. The van der Waals surface area contributed by atoms with Crippen LogP contribution in [-0.4, -0.2) is 12.0 Å². The van der Waals surface area contributed by atoms with Gasteiger partial charge in [-0.3, -0.25) is 9.63 Å². The third-order valence-corrected chi connectivity index (χ3v) is 2.26. The zero-order valence-corrected chi connectivity index (χ0v) is 8.14. The number of rotatable bonds is 3. The van der Waals surface area contributed by atoms with Crippen molar-refractivity contribution < 1.29 is 9.63 Å². The van der Waals surface area contributed by atoms with E-state index in [-0.39, 0.29) is 12.0 Å². The van der Waals surface area contributed by atoms with Crippen LogP contribution in [0.1, 0.15) is 39.0 Å². The molecule has 0 aromatic rings. The van der Waals surface area contributed by atoms with Crippen molar-refractivity contribution in [1.82, 2.24) is 5.48 Å². The lowest BCUT2D eigenvalue weighted by Gasteiger charge is -2.21. The standard InChI is InChI=1S/C10H17NO2/c1-8(2)10(12)11-13-9-6-4-3-5-7-9/h9H,1,3-7H2,2H3,(H,11,12). The molecule has 1 N–H and O–H groups in total. The van der Waals surface area contributed by atoms with E-state index >= 15 is 0 Å². The van der Waals surface area contributed by atoms with Crippen LogP contribution in [0.3, 0.4) is 0 Å². The first kappa shape index (κ1) is 10.3. The molecule has 74 valence electrons. The molecule has 0 saturated heterocycles. The van der Waals surface area contributed by atoms with E-state index in [1.54, 1.807) is 6.92 Å². The van der Waals surface area contributed by atoms with E-state index in [4.69, 9.17) is 4.84 Å². The Kier molecular flexibility index (Phi) is 3.96. The minimum Gasteiger partial charge on any atom is -0.270 e. The van der Waals surface area contributed by atoms with E-state index < -0.39 is 0 Å². The average molecular weight is 183 g/mol. The van der Waals surface area contributed by atoms with Crippen LogP contribution >= 0.6 is 0 Å². The molecule has 0 aromatic heterocycles. The van der Waals surface area contributed by atoms with Crippen LogP contribution in [0, 0.1) is 0 Å². The summed E-state index contributed by atoms with van der Waals surface area (Å²) in [6.07, 6.45) is 6.00. The maximum atomic E-state index is 11.0. The molecule has 0 heterocycles. The molecule has 1 amide bonds. The van der Waals surface area contributed by atoms with Crippen LogP contribution < -0.4 is 5.48 Å². The van der Waals surface area contributed by atoms with E-state index in [0.717, 1.165) is 12.8 Å². The summed E-state index contributed by atoms with van der Waals surface area (Å²) < 4.78 is 0. The van der Waals surface area contributed by atoms with Crippen molar-refractivity contribution in [2.45, 2.75) is 45.1 Å². The van der Waals surface area contributed by atoms with Crippen molar-refractivity contribution in [3.63, 3.8) is 0 Å². The summed E-state index contributed by atoms with van der Waals surface area (Å²) in [6.45, 7) is 5.19. The quantitative estimate of drug-likeness (QED) is 0.536. The van der Waals surface area contributed by atoms with E-state index in [9.17, 15) is 4.79 Å². The van der Waals surface area contributed by atoms with Crippen LogP contribution in [0.5, 0.6) is 0 Å². The maximum Gasteiger partial charge on any atom is 0.269 e. The summed E-state index contributed by atoms with van der Waals surface area (Å²) in [5, 5.41) is 0. The van der Waals surface area contributed by atoms with Crippen molar-refractivity contribution >= 4 is 5.91 Å². The molecule has 1 fully saturated rings. The first-order chi connectivity index (χ1) is 6.20. The molecule has 13 heavy (non-hydrogen) atoms. The molecule has 0 atom stereocenters. The van der Waals surface area contributed by atoms with Crippen molar-refractivity contribution in [2.75, 3.05) is 0 Å². The fourth-order valence-electron chi connectivity index (χ4n) is 1.41. The summed E-state index contributed by atoms with van der Waals surface area (Å²) in [4.78, 5) is 16.3. The van der Waals surface area contributed by atoms with Gasteiger partial charge in [-0.15, -0.1) is 0 Å². The normalized spacial score (nSPS) is 18.2. The first-order valence-electron chi connectivity index (χ1n) is 4.81. The van der Waals surface area contributed by atoms with Gasteiger partial charge in [0.1, 0.15) is 0 Å². The van der Waals surface area contributed by atoms with Gasteiger partial charge >= 0.3 is 0 Å². The van der Waals surface area contributed by atoms with Crippen LogP contribution in [-0.2, 0) is 9.63 Å². The Bertz CT molecular complexity index is 195. The van der Waals surface area contributed by atoms with Gasteiger partial charge in [0.25, 0.3) is 5.91 Å². The third kappa shape index (κ3) is 3.59. The Hall–Kier alpha value is -0.830. The van der Waals surface area contributed by atoms with E-state index in [1.165, 1.54) is 19.3 Å². The lowest BCUT2D eigenvalue weighted by atomic mass is 9.98. The molecule has 0 radical (unpaired) electrons. The first-order valence-corrected chi connectivity index (χ1v) is 4.81. The highest BCUT2D eigenvalue weighted by Gasteiger charge is 2.15. The number of carbonyl (C=O) groups excluding carboxylic acids is 1. The van der Waals surface area contributed by atoms with Crippen molar-refractivity contribution in [3.05, 3.63) is 12.2 Å². The van der Waals surface area contributed by atoms with Gasteiger partial charge in [0.05, 0.1) is 6.10 Å². The maximum absolute atomic E-state index is 11.0. The Morgan fingerprint density at radius 3 is 2.54 bits per heavy atom. The van der Waals surface area contributed by atoms with Gasteiger partial charge in [0.2, 0.25) is 0 Å². The monoisotopic (exact) mass is 183 g/mol. The van der Waals surface area contributed by atoms with E-state index in [2.05, 4.69) is 12.1 Å². The molecule has 1 aliphatic carbocycles. The summed E-state index contributed by atoms with van der Waals surface area (Å²) in [7, 11) is 0. The van der Waals surface area contributed by atoms with Gasteiger partial charge in [-0.1, -0.05) is 25.8 Å². The fourth-order valence-corrected chi connectivity index (χ4v) is 1.41. The zero-order chi connectivity index (χ0) is 9.68. The number of hydrogen-bond acceptors (Lipinski definition) is 2. The molecule has 0 bridgehead atoms. The second-order valence-electron chi connectivity index (χ2n) is 3.59. The van der Waals surface area contributed by atoms with Crippen molar-refractivity contribution in [1.29, 1.82) is 0 Å². The highest BCUT2D eigenvalue weighted by Crippen LogP contribution is 2.19. The molecular formula is C10H17NO2. The molecule has 1 aliphatic rings. The zero-order valence-electron chi connectivity index (χ0n) is 8.14. The number of carbonyl (C=O) groups is 1.